The number of rotatable bonds is 4. The molecule has 0 N–H and O–H groups in total. The van der Waals surface area contributed by atoms with E-state index >= 15 is 0 Å². The first-order valence-corrected chi connectivity index (χ1v) is 12.2. The quantitative estimate of drug-likeness (QED) is 0.544. The number of carbonyl (C=O) groups excluding carboxylic acids is 2. The predicted octanol–water partition coefficient (Wildman–Crippen LogP) is 2.96. The number of hydrogen-bond donors (Lipinski definition) is 0. The highest BCUT2D eigenvalue weighted by Gasteiger charge is 2.29. The molecule has 1 aliphatic rings. The Labute approximate surface area is 191 Å². The fourth-order valence-electron chi connectivity index (χ4n) is 3.87. The molecule has 10 heteroatoms. The maximum Gasteiger partial charge on any atom is 0.337 e. The summed E-state index contributed by atoms with van der Waals surface area (Å²) in [4.78, 5) is 28.0. The highest BCUT2D eigenvalue weighted by atomic mass is 32.2. The first-order valence-electron chi connectivity index (χ1n) is 10.4. The number of halogens is 1. The van der Waals surface area contributed by atoms with Crippen LogP contribution in [0, 0.1) is 5.82 Å². The van der Waals surface area contributed by atoms with Crippen LogP contribution in [0.1, 0.15) is 15.9 Å². The summed E-state index contributed by atoms with van der Waals surface area (Å²) in [5, 5.41) is 0.913. The molecule has 0 saturated carbocycles. The zero-order valence-corrected chi connectivity index (χ0v) is 19.1. The molecule has 4 rings (SSSR count). The number of aryl methyl sites for hydroxylation is 1. The molecule has 174 valence electrons. The number of aromatic nitrogens is 1. The van der Waals surface area contributed by atoms with Crippen LogP contribution in [0.3, 0.4) is 0 Å². The highest BCUT2D eigenvalue weighted by molar-refractivity contribution is 7.91. The van der Waals surface area contributed by atoms with Crippen LogP contribution in [0.5, 0.6) is 0 Å². The number of nitrogens with zero attached hydrogens (tertiary/aromatic N) is 3. The summed E-state index contributed by atoms with van der Waals surface area (Å²) in [5.41, 5.74) is 1.82. The number of amides is 2. The van der Waals surface area contributed by atoms with Crippen LogP contribution >= 0.6 is 0 Å². The molecule has 2 aromatic carbocycles. The standard InChI is InChI=1S/C23H24FN3O5S/c1-25-8-7-16-13-19(5-6-21(16)25)27(23(29)26-9-11-33(30,31)12-10-26)15-18-4-3-17(14-20(18)24)22(28)32-2/h3-8,13-14H,9-12,15H2,1-2H3. The second-order valence-corrected chi connectivity index (χ2v) is 10.3. The van der Waals surface area contributed by atoms with Crippen LogP contribution < -0.4 is 4.90 Å². The molecule has 0 spiro atoms. The van der Waals surface area contributed by atoms with Crippen LogP contribution in [0.4, 0.5) is 14.9 Å². The van der Waals surface area contributed by atoms with E-state index in [1.165, 1.54) is 29.0 Å². The first kappa shape index (κ1) is 22.8. The topological polar surface area (TPSA) is 88.9 Å². The number of hydrogen-bond acceptors (Lipinski definition) is 5. The number of sulfone groups is 1. The van der Waals surface area contributed by atoms with Crippen molar-refractivity contribution in [1.29, 1.82) is 0 Å². The predicted molar refractivity (Wildman–Crippen MR) is 122 cm³/mol. The Morgan fingerprint density at radius 3 is 2.48 bits per heavy atom. The van der Waals surface area contributed by atoms with Crippen LogP contribution in [0.15, 0.2) is 48.7 Å². The number of ether oxygens (including phenoxy) is 1. The van der Waals surface area contributed by atoms with Crippen molar-refractivity contribution in [1.82, 2.24) is 9.47 Å². The van der Waals surface area contributed by atoms with Gasteiger partial charge in [0.25, 0.3) is 0 Å². The molecule has 1 aliphatic heterocycles. The van der Waals surface area contributed by atoms with Gasteiger partial charge in [-0.05, 0) is 36.4 Å². The van der Waals surface area contributed by atoms with Gasteiger partial charge in [-0.2, -0.15) is 0 Å². The molecule has 33 heavy (non-hydrogen) atoms. The van der Waals surface area contributed by atoms with E-state index in [4.69, 9.17) is 0 Å². The molecule has 0 radical (unpaired) electrons. The molecule has 2 amide bonds. The number of anilines is 1. The van der Waals surface area contributed by atoms with Crippen molar-refractivity contribution in [2.45, 2.75) is 6.54 Å². The lowest BCUT2D eigenvalue weighted by Crippen LogP contribution is -2.49. The maximum absolute atomic E-state index is 14.8. The summed E-state index contributed by atoms with van der Waals surface area (Å²) in [7, 11) is -0.0362. The molecule has 0 aliphatic carbocycles. The lowest BCUT2D eigenvalue weighted by Gasteiger charge is -2.33. The first-order chi connectivity index (χ1) is 15.7. The summed E-state index contributed by atoms with van der Waals surface area (Å²) >= 11 is 0. The van der Waals surface area contributed by atoms with Gasteiger partial charge in [-0.1, -0.05) is 6.07 Å². The Morgan fingerprint density at radius 1 is 1.09 bits per heavy atom. The molecule has 0 bridgehead atoms. The molecule has 2 heterocycles. The molecular formula is C23H24FN3O5S. The Morgan fingerprint density at radius 2 is 1.82 bits per heavy atom. The zero-order chi connectivity index (χ0) is 23.8. The molecule has 1 aromatic heterocycles. The maximum atomic E-state index is 14.8. The third-order valence-electron chi connectivity index (χ3n) is 5.83. The summed E-state index contributed by atoms with van der Waals surface area (Å²) in [6, 6.07) is 11.0. The lowest BCUT2D eigenvalue weighted by molar-refractivity contribution is 0.0600. The Balaban J connectivity index is 1.69. The van der Waals surface area contributed by atoms with E-state index < -0.39 is 27.7 Å². The molecule has 0 atom stereocenters. The smallest absolute Gasteiger partial charge is 0.337 e. The minimum absolute atomic E-state index is 0.0727. The van der Waals surface area contributed by atoms with E-state index in [1.54, 1.807) is 6.07 Å². The highest BCUT2D eigenvalue weighted by Crippen LogP contribution is 2.26. The van der Waals surface area contributed by atoms with Gasteiger partial charge in [0.2, 0.25) is 0 Å². The molecule has 3 aromatic rings. The van der Waals surface area contributed by atoms with Crippen molar-refractivity contribution in [2.75, 3.05) is 36.6 Å². The van der Waals surface area contributed by atoms with Gasteiger partial charge in [0.05, 0.1) is 30.7 Å². The molecular weight excluding hydrogens is 449 g/mol. The van der Waals surface area contributed by atoms with Crippen LogP contribution in [-0.2, 0) is 28.2 Å². The number of esters is 1. The average Bonchev–Trinajstić information content (AvgIpc) is 3.17. The fourth-order valence-corrected chi connectivity index (χ4v) is 5.07. The van der Waals surface area contributed by atoms with Gasteiger partial charge in [0.1, 0.15) is 5.82 Å². The number of methoxy groups -OCH3 is 1. The van der Waals surface area contributed by atoms with Gasteiger partial charge < -0.3 is 14.2 Å². The van der Waals surface area contributed by atoms with E-state index in [2.05, 4.69) is 4.74 Å². The minimum Gasteiger partial charge on any atom is -0.465 e. The summed E-state index contributed by atoms with van der Waals surface area (Å²) in [5.74, 6) is -1.51. The van der Waals surface area contributed by atoms with E-state index in [0.29, 0.717) is 5.69 Å². The summed E-state index contributed by atoms with van der Waals surface area (Å²) < 4.78 is 45.1. The second-order valence-electron chi connectivity index (χ2n) is 7.98. The van der Waals surface area contributed by atoms with Gasteiger partial charge in [-0.3, -0.25) is 4.90 Å². The third-order valence-corrected chi connectivity index (χ3v) is 7.44. The number of fused-ring (bicyclic) bond motifs is 1. The van der Waals surface area contributed by atoms with Gasteiger partial charge in [-0.15, -0.1) is 0 Å². The van der Waals surface area contributed by atoms with Crippen LogP contribution in [0.25, 0.3) is 10.9 Å². The normalized spacial score (nSPS) is 15.4. The van der Waals surface area contributed by atoms with Gasteiger partial charge >= 0.3 is 12.0 Å². The van der Waals surface area contributed by atoms with E-state index in [-0.39, 0.29) is 42.3 Å². The van der Waals surface area contributed by atoms with Crippen molar-refractivity contribution >= 4 is 38.4 Å². The summed E-state index contributed by atoms with van der Waals surface area (Å²) in [6.45, 7) is 0.0672. The Hall–Kier alpha value is -3.40. The molecule has 8 nitrogen and oxygen atoms in total. The average molecular weight is 474 g/mol. The van der Waals surface area contributed by atoms with Gasteiger partial charge in [-0.25, -0.2) is 22.4 Å². The second kappa shape index (κ2) is 8.86. The fraction of sp³-hybridized carbons (Fsp3) is 0.304. The van der Waals surface area contributed by atoms with Crippen LogP contribution in [0.2, 0.25) is 0 Å². The van der Waals surface area contributed by atoms with Crippen molar-refractivity contribution in [3.8, 4) is 0 Å². The van der Waals surface area contributed by atoms with E-state index in [1.807, 2.05) is 36.0 Å². The SMILES string of the molecule is COC(=O)c1ccc(CN(C(=O)N2CCS(=O)(=O)CC2)c2ccc3c(ccn3C)c2)c(F)c1. The largest absolute Gasteiger partial charge is 0.465 e. The summed E-state index contributed by atoms with van der Waals surface area (Å²) in [6.07, 6.45) is 1.90. The number of urea groups is 1. The Kier molecular flexibility index (Phi) is 6.11. The van der Waals surface area contributed by atoms with Crippen molar-refractivity contribution in [3.63, 3.8) is 0 Å². The van der Waals surface area contributed by atoms with E-state index in [9.17, 15) is 22.4 Å². The van der Waals surface area contributed by atoms with Crippen LogP contribution in [-0.4, -0.2) is 61.6 Å². The molecule has 1 fully saturated rings. The zero-order valence-electron chi connectivity index (χ0n) is 18.3. The van der Waals surface area contributed by atoms with Crippen molar-refractivity contribution < 1.29 is 27.1 Å². The van der Waals surface area contributed by atoms with Crippen molar-refractivity contribution in [2.24, 2.45) is 7.05 Å². The number of carbonyl (C=O) groups is 2. The molecule has 1 saturated heterocycles. The van der Waals surface area contributed by atoms with Gasteiger partial charge in [0, 0.05) is 48.5 Å². The minimum atomic E-state index is -3.17. The number of benzene rings is 2. The monoisotopic (exact) mass is 473 g/mol. The third kappa shape index (κ3) is 4.70. The Bertz CT molecular complexity index is 1320. The van der Waals surface area contributed by atoms with Crippen molar-refractivity contribution in [3.05, 3.63) is 65.6 Å². The van der Waals surface area contributed by atoms with E-state index in [0.717, 1.165) is 17.0 Å². The van der Waals surface area contributed by atoms with Gasteiger partial charge in [0.15, 0.2) is 9.84 Å². The lowest BCUT2D eigenvalue weighted by atomic mass is 10.1. The molecule has 0 unspecified atom stereocenters.